The molecule has 2 N–H and O–H groups in total. The molecule has 1 fully saturated rings. The van der Waals surface area contributed by atoms with Crippen LogP contribution in [0.3, 0.4) is 0 Å². The van der Waals surface area contributed by atoms with E-state index in [4.69, 9.17) is 4.42 Å². The number of nitrogens with one attached hydrogen (secondary N) is 2. The van der Waals surface area contributed by atoms with Crippen molar-refractivity contribution in [3.05, 3.63) is 53.2 Å². The molecular formula is C23H23F2N7O3S. The number of halogens is 2. The minimum Gasteiger partial charge on any atom is -0.439 e. The molecule has 3 aromatic heterocycles. The van der Waals surface area contributed by atoms with E-state index in [1.807, 2.05) is 6.92 Å². The van der Waals surface area contributed by atoms with Crippen LogP contribution in [-0.2, 0) is 9.84 Å². The lowest BCUT2D eigenvalue weighted by atomic mass is 10.1. The molecule has 0 unspecified atom stereocenters. The Labute approximate surface area is 205 Å². The number of rotatable bonds is 7. The highest BCUT2D eigenvalue weighted by atomic mass is 32.2. The number of nitrogens with zero attached hydrogens (tertiary/aromatic N) is 5. The third kappa shape index (κ3) is 4.53. The van der Waals surface area contributed by atoms with Crippen LogP contribution < -0.4 is 10.2 Å². The number of H-pyrrole nitrogens is 1. The van der Waals surface area contributed by atoms with Crippen molar-refractivity contribution in [2.45, 2.75) is 37.5 Å². The predicted molar refractivity (Wildman–Crippen MR) is 128 cm³/mol. The lowest BCUT2D eigenvalue weighted by Gasteiger charge is -2.22. The van der Waals surface area contributed by atoms with E-state index in [2.05, 4.69) is 30.5 Å². The van der Waals surface area contributed by atoms with Crippen LogP contribution in [0.5, 0.6) is 0 Å². The topological polar surface area (TPSA) is 130 Å². The Kier molecular flexibility index (Phi) is 5.74. The van der Waals surface area contributed by atoms with Gasteiger partial charge in [-0.1, -0.05) is 0 Å². The van der Waals surface area contributed by atoms with Gasteiger partial charge in [-0.15, -0.1) is 0 Å². The highest BCUT2D eigenvalue weighted by molar-refractivity contribution is 7.90. The number of hydrogen-bond acceptors (Lipinski definition) is 9. The van der Waals surface area contributed by atoms with Gasteiger partial charge in [0.05, 0.1) is 11.1 Å². The lowest BCUT2D eigenvalue weighted by Crippen LogP contribution is -2.19. The van der Waals surface area contributed by atoms with Crippen LogP contribution in [0.15, 0.2) is 33.7 Å². The first kappa shape index (κ1) is 23.9. The molecule has 13 heteroatoms. The normalized spacial score (nSPS) is 13.7. The summed E-state index contributed by atoms with van der Waals surface area (Å²) in [7, 11) is -2.42. The average Bonchev–Trinajstić information content (AvgIpc) is 3.41. The molecule has 36 heavy (non-hydrogen) atoms. The molecule has 1 saturated carbocycles. The summed E-state index contributed by atoms with van der Waals surface area (Å²) in [6.45, 7) is 3.56. The molecule has 5 rings (SSSR count). The van der Waals surface area contributed by atoms with Crippen molar-refractivity contribution >= 4 is 33.1 Å². The van der Waals surface area contributed by atoms with Crippen molar-refractivity contribution in [1.29, 1.82) is 0 Å². The number of hydrogen-bond donors (Lipinski definition) is 2. The minimum atomic E-state index is -3.81. The smallest absolute Gasteiger partial charge is 0.232 e. The van der Waals surface area contributed by atoms with Gasteiger partial charge >= 0.3 is 0 Å². The molecule has 0 saturated heterocycles. The van der Waals surface area contributed by atoms with Crippen LogP contribution >= 0.6 is 0 Å². The van der Waals surface area contributed by atoms with Gasteiger partial charge in [-0.3, -0.25) is 5.10 Å². The van der Waals surface area contributed by atoms with Crippen LogP contribution in [0, 0.1) is 25.5 Å². The van der Waals surface area contributed by atoms with Crippen molar-refractivity contribution in [3.8, 4) is 11.5 Å². The van der Waals surface area contributed by atoms with E-state index in [9.17, 15) is 8.42 Å². The second kappa shape index (κ2) is 8.66. The second-order valence-corrected chi connectivity index (χ2v) is 10.8. The Balaban J connectivity index is 1.68. The van der Waals surface area contributed by atoms with E-state index < -0.39 is 32.1 Å². The van der Waals surface area contributed by atoms with Gasteiger partial charge < -0.3 is 14.6 Å². The monoisotopic (exact) mass is 515 g/mol. The summed E-state index contributed by atoms with van der Waals surface area (Å²) in [6, 6.07) is 3.34. The molecule has 0 atom stereocenters. The Hall–Kier alpha value is -3.87. The van der Waals surface area contributed by atoms with Crippen molar-refractivity contribution in [1.82, 2.24) is 25.1 Å². The van der Waals surface area contributed by atoms with E-state index >= 15 is 8.78 Å². The first-order valence-electron chi connectivity index (χ1n) is 11.1. The molecule has 1 aliphatic rings. The molecule has 3 heterocycles. The molecule has 188 valence electrons. The van der Waals surface area contributed by atoms with Gasteiger partial charge in [0, 0.05) is 37.6 Å². The van der Waals surface area contributed by atoms with E-state index in [1.54, 1.807) is 13.0 Å². The molecule has 0 bridgehead atoms. The van der Waals surface area contributed by atoms with E-state index in [0.717, 1.165) is 47.4 Å². The fraction of sp³-hybridized carbons (Fsp3) is 0.304. The van der Waals surface area contributed by atoms with Gasteiger partial charge in [0.1, 0.15) is 17.2 Å². The van der Waals surface area contributed by atoms with Crippen LogP contribution in [-0.4, -0.2) is 46.9 Å². The van der Waals surface area contributed by atoms with Crippen molar-refractivity contribution < 1.29 is 21.6 Å². The fourth-order valence-electron chi connectivity index (χ4n) is 3.90. The van der Waals surface area contributed by atoms with Gasteiger partial charge in [-0.2, -0.15) is 10.1 Å². The Bertz CT molecular complexity index is 1560. The highest BCUT2D eigenvalue weighted by Crippen LogP contribution is 2.48. The summed E-state index contributed by atoms with van der Waals surface area (Å²) in [6.07, 6.45) is 4.26. The van der Waals surface area contributed by atoms with Gasteiger partial charge in [0.2, 0.25) is 5.95 Å². The third-order valence-corrected chi connectivity index (χ3v) is 6.87. The Morgan fingerprint density at radius 1 is 1.14 bits per heavy atom. The molecule has 4 aromatic rings. The standard InChI is InChI=1S/C23H23F2N7O3S/c1-11-7-18(31-30-11)27-22-19(13-5-6-13)20(17-10-26-12(2)35-17)28-23(29-22)32(3)21-15(24)8-14(9-16(21)25)36(4,33)34/h7-10,13H,5-6H2,1-4H3,(H2,27,28,29,30,31). The zero-order valence-corrected chi connectivity index (χ0v) is 20.7. The Morgan fingerprint density at radius 2 is 1.83 bits per heavy atom. The summed E-state index contributed by atoms with van der Waals surface area (Å²) in [4.78, 5) is 14.0. The maximum absolute atomic E-state index is 15.0. The van der Waals surface area contributed by atoms with Gasteiger partial charge in [0.25, 0.3) is 0 Å². The quantitative estimate of drug-likeness (QED) is 0.364. The summed E-state index contributed by atoms with van der Waals surface area (Å²) in [5.41, 5.74) is 1.57. The van der Waals surface area contributed by atoms with Gasteiger partial charge in [0.15, 0.2) is 38.9 Å². The van der Waals surface area contributed by atoms with Crippen molar-refractivity contribution in [2.24, 2.45) is 0 Å². The fourth-order valence-corrected chi connectivity index (χ4v) is 4.54. The average molecular weight is 516 g/mol. The summed E-state index contributed by atoms with van der Waals surface area (Å²) < 4.78 is 59.4. The number of sulfone groups is 1. The minimum absolute atomic E-state index is 0.0388. The first-order valence-corrected chi connectivity index (χ1v) is 13.0. The molecule has 1 aliphatic carbocycles. The maximum Gasteiger partial charge on any atom is 0.232 e. The van der Waals surface area contributed by atoms with E-state index in [-0.39, 0.29) is 11.9 Å². The number of anilines is 4. The molecule has 0 aliphatic heterocycles. The zero-order valence-electron chi connectivity index (χ0n) is 19.9. The summed E-state index contributed by atoms with van der Waals surface area (Å²) >= 11 is 0. The SMILES string of the molecule is Cc1cc(Nc2nc(N(C)c3c(F)cc(S(C)(=O)=O)cc3F)nc(-c3cnc(C)o3)c2C2CC2)n[nH]1. The summed E-state index contributed by atoms with van der Waals surface area (Å²) in [5, 5.41) is 10.3. The molecule has 10 nitrogen and oxygen atoms in total. The first-order chi connectivity index (χ1) is 17.0. The molecule has 0 amide bonds. The van der Waals surface area contributed by atoms with Crippen LogP contribution in [0.25, 0.3) is 11.5 Å². The number of aromatic nitrogens is 5. The predicted octanol–water partition coefficient (Wildman–Crippen LogP) is 4.54. The highest BCUT2D eigenvalue weighted by Gasteiger charge is 2.34. The number of aromatic amines is 1. The molecule has 1 aromatic carbocycles. The van der Waals surface area contributed by atoms with Gasteiger partial charge in [-0.05, 0) is 37.8 Å². The third-order valence-electron chi connectivity index (χ3n) is 5.78. The molecule has 0 spiro atoms. The van der Waals surface area contributed by atoms with E-state index in [0.29, 0.717) is 29.0 Å². The zero-order chi connectivity index (χ0) is 25.8. The van der Waals surface area contributed by atoms with Crippen molar-refractivity contribution in [2.75, 3.05) is 23.5 Å². The maximum atomic E-state index is 15.0. The van der Waals surface area contributed by atoms with Crippen LogP contribution in [0.4, 0.5) is 32.1 Å². The van der Waals surface area contributed by atoms with Crippen LogP contribution in [0.1, 0.15) is 35.9 Å². The molecular weight excluding hydrogens is 492 g/mol. The second-order valence-electron chi connectivity index (χ2n) is 8.78. The lowest BCUT2D eigenvalue weighted by molar-refractivity contribution is 0.532. The van der Waals surface area contributed by atoms with Crippen LogP contribution in [0.2, 0.25) is 0 Å². The molecule has 0 radical (unpaired) electrons. The number of aryl methyl sites for hydroxylation is 2. The van der Waals surface area contributed by atoms with Gasteiger partial charge in [-0.25, -0.2) is 27.2 Å². The number of benzene rings is 1. The largest absolute Gasteiger partial charge is 0.439 e. The Morgan fingerprint density at radius 3 is 2.36 bits per heavy atom. The summed E-state index contributed by atoms with van der Waals surface area (Å²) in [5.74, 6) is -0.260. The number of oxazole rings is 1. The van der Waals surface area contributed by atoms with E-state index in [1.165, 1.54) is 13.2 Å². The van der Waals surface area contributed by atoms with Crippen molar-refractivity contribution in [3.63, 3.8) is 0 Å².